The van der Waals surface area contributed by atoms with Gasteiger partial charge in [-0.05, 0) is 43.7 Å². The van der Waals surface area contributed by atoms with Crippen molar-refractivity contribution in [3.63, 3.8) is 0 Å². The lowest BCUT2D eigenvalue weighted by Crippen LogP contribution is -2.46. The normalized spacial score (nSPS) is 22.8. The summed E-state index contributed by atoms with van der Waals surface area (Å²) in [5.74, 6) is 1.28. The Hall–Kier alpha value is -1.05. The van der Waals surface area contributed by atoms with E-state index in [0.717, 1.165) is 12.8 Å². The number of rotatable bonds is 4. The lowest BCUT2D eigenvalue weighted by Gasteiger charge is -2.42. The zero-order chi connectivity index (χ0) is 14.2. The maximum atomic E-state index is 13.0. The Morgan fingerprint density at radius 1 is 1.20 bits per heavy atom. The average molecular weight is 273 g/mol. The van der Waals surface area contributed by atoms with Gasteiger partial charge in [0.1, 0.15) is 5.54 Å². The number of carbonyl (C=O) groups excluding carboxylic acids is 1. The van der Waals surface area contributed by atoms with E-state index in [-0.39, 0.29) is 11.5 Å². The molecule has 2 nitrogen and oxygen atoms in total. The highest BCUT2D eigenvalue weighted by molar-refractivity contribution is 5.88. The number of hydrogen-bond acceptors (Lipinski definition) is 1. The highest BCUT2D eigenvalue weighted by Crippen LogP contribution is 2.43. The summed E-state index contributed by atoms with van der Waals surface area (Å²) in [6.07, 6.45) is 11.9. The maximum Gasteiger partial charge on any atom is 0.161 e. The summed E-state index contributed by atoms with van der Waals surface area (Å²) in [6, 6.07) is 4.41. The van der Waals surface area contributed by atoms with Crippen LogP contribution >= 0.6 is 0 Å². The van der Waals surface area contributed by atoms with Gasteiger partial charge in [0, 0.05) is 17.8 Å². The van der Waals surface area contributed by atoms with Crippen molar-refractivity contribution in [3.05, 3.63) is 24.0 Å². The molecule has 110 valence electrons. The first-order chi connectivity index (χ1) is 9.65. The zero-order valence-corrected chi connectivity index (χ0v) is 12.9. The first-order valence-corrected chi connectivity index (χ1v) is 8.37. The summed E-state index contributed by atoms with van der Waals surface area (Å²) in [4.78, 5) is 13.0. The summed E-state index contributed by atoms with van der Waals surface area (Å²) >= 11 is 0. The molecule has 1 aromatic heterocycles. The summed E-state index contributed by atoms with van der Waals surface area (Å²) < 4.78 is 2.39. The fourth-order valence-electron chi connectivity index (χ4n) is 4.10. The second-order valence-corrected chi connectivity index (χ2v) is 7.04. The molecule has 0 bridgehead atoms. The van der Waals surface area contributed by atoms with Crippen molar-refractivity contribution in [3.8, 4) is 0 Å². The van der Waals surface area contributed by atoms with Gasteiger partial charge in [-0.3, -0.25) is 4.79 Å². The minimum atomic E-state index is -0.235. The van der Waals surface area contributed by atoms with Gasteiger partial charge in [-0.1, -0.05) is 39.5 Å². The predicted molar refractivity (Wildman–Crippen MR) is 81.9 cm³/mol. The Kier molecular flexibility index (Phi) is 3.74. The van der Waals surface area contributed by atoms with E-state index in [1.807, 2.05) is 0 Å². The molecule has 0 unspecified atom stereocenters. The monoisotopic (exact) mass is 273 g/mol. The smallest absolute Gasteiger partial charge is 0.161 e. The van der Waals surface area contributed by atoms with Gasteiger partial charge >= 0.3 is 0 Å². The van der Waals surface area contributed by atoms with Gasteiger partial charge in [-0.15, -0.1) is 0 Å². The first kappa shape index (κ1) is 13.9. The van der Waals surface area contributed by atoms with Crippen LogP contribution in [0.1, 0.15) is 76.8 Å². The van der Waals surface area contributed by atoms with Crippen LogP contribution in [-0.4, -0.2) is 10.4 Å². The molecule has 0 aliphatic heterocycles. The number of Topliss-reactive ketones (excluding diaryl/α,β-unsaturated/α-hetero) is 1. The highest BCUT2D eigenvalue weighted by Gasteiger charge is 2.43. The predicted octanol–water partition coefficient (Wildman–Crippen LogP) is 4.64. The molecule has 0 radical (unpaired) electrons. The molecule has 2 saturated carbocycles. The van der Waals surface area contributed by atoms with Crippen molar-refractivity contribution in [1.82, 2.24) is 4.57 Å². The minimum Gasteiger partial charge on any atom is -0.338 e. The molecular formula is C18H27NO. The van der Waals surface area contributed by atoms with Crippen LogP contribution in [0.4, 0.5) is 0 Å². The van der Waals surface area contributed by atoms with Gasteiger partial charge in [0.05, 0.1) is 0 Å². The third-order valence-electron chi connectivity index (χ3n) is 5.43. The van der Waals surface area contributed by atoms with Gasteiger partial charge in [0.2, 0.25) is 0 Å². The molecular weight excluding hydrogens is 246 g/mol. The summed E-state index contributed by atoms with van der Waals surface area (Å²) in [5.41, 5.74) is 1.19. The van der Waals surface area contributed by atoms with Crippen molar-refractivity contribution < 1.29 is 4.79 Å². The fourth-order valence-corrected chi connectivity index (χ4v) is 4.10. The zero-order valence-electron chi connectivity index (χ0n) is 12.9. The van der Waals surface area contributed by atoms with Crippen LogP contribution < -0.4 is 0 Å². The molecule has 20 heavy (non-hydrogen) atoms. The molecule has 2 aliphatic rings. The lowest BCUT2D eigenvalue weighted by atomic mass is 9.74. The van der Waals surface area contributed by atoms with Crippen LogP contribution in [0, 0.1) is 5.92 Å². The fraction of sp³-hybridized carbons (Fsp3) is 0.722. The molecule has 2 aliphatic carbocycles. The van der Waals surface area contributed by atoms with Crippen LogP contribution in [-0.2, 0) is 10.3 Å². The SMILES string of the molecule is CC(C)C(=O)C1(n2cccc2C2CCC2)CCCCC1. The van der Waals surface area contributed by atoms with E-state index in [9.17, 15) is 4.79 Å². The van der Waals surface area contributed by atoms with Gasteiger partial charge < -0.3 is 4.57 Å². The largest absolute Gasteiger partial charge is 0.338 e. The molecule has 0 N–H and O–H groups in total. The van der Waals surface area contributed by atoms with Crippen molar-refractivity contribution in [2.45, 2.75) is 76.7 Å². The molecule has 0 aromatic carbocycles. The number of ketones is 1. The van der Waals surface area contributed by atoms with Crippen molar-refractivity contribution >= 4 is 5.78 Å². The highest BCUT2D eigenvalue weighted by atomic mass is 16.1. The van der Waals surface area contributed by atoms with E-state index in [4.69, 9.17) is 0 Å². The van der Waals surface area contributed by atoms with Crippen molar-refractivity contribution in [2.75, 3.05) is 0 Å². The van der Waals surface area contributed by atoms with Gasteiger partial charge in [-0.25, -0.2) is 0 Å². The minimum absolute atomic E-state index is 0.129. The van der Waals surface area contributed by atoms with E-state index in [0.29, 0.717) is 11.7 Å². The van der Waals surface area contributed by atoms with Crippen molar-refractivity contribution in [2.24, 2.45) is 5.92 Å². The van der Waals surface area contributed by atoms with E-state index < -0.39 is 0 Å². The van der Waals surface area contributed by atoms with E-state index >= 15 is 0 Å². The summed E-state index contributed by atoms with van der Waals surface area (Å²) in [5, 5.41) is 0. The lowest BCUT2D eigenvalue weighted by molar-refractivity contribution is -0.132. The number of nitrogens with zero attached hydrogens (tertiary/aromatic N) is 1. The average Bonchev–Trinajstić information content (AvgIpc) is 2.86. The van der Waals surface area contributed by atoms with E-state index in [1.54, 1.807) is 0 Å². The third kappa shape index (κ3) is 2.13. The number of aromatic nitrogens is 1. The Labute approximate surface area is 122 Å². The summed E-state index contributed by atoms with van der Waals surface area (Å²) in [6.45, 7) is 4.12. The Bertz CT molecular complexity index is 475. The standard InChI is InChI=1S/C18H27NO/c1-14(2)17(20)18(11-4-3-5-12-18)19-13-7-10-16(19)15-8-6-9-15/h7,10,13-15H,3-6,8-9,11-12H2,1-2H3. The number of hydrogen-bond donors (Lipinski definition) is 0. The van der Waals surface area contributed by atoms with E-state index in [2.05, 4.69) is 36.7 Å². The molecule has 0 saturated heterocycles. The van der Waals surface area contributed by atoms with Gasteiger partial charge in [-0.2, -0.15) is 0 Å². The molecule has 1 heterocycles. The second-order valence-electron chi connectivity index (χ2n) is 7.04. The molecule has 0 atom stereocenters. The topological polar surface area (TPSA) is 22.0 Å². The van der Waals surface area contributed by atoms with Crippen LogP contribution in [0.15, 0.2) is 18.3 Å². The molecule has 2 heteroatoms. The van der Waals surface area contributed by atoms with Gasteiger partial charge in [0.15, 0.2) is 5.78 Å². The number of carbonyl (C=O) groups is 1. The van der Waals surface area contributed by atoms with Crippen LogP contribution in [0.5, 0.6) is 0 Å². The Balaban J connectivity index is 2.00. The Morgan fingerprint density at radius 2 is 1.90 bits per heavy atom. The quantitative estimate of drug-likeness (QED) is 0.783. The van der Waals surface area contributed by atoms with Crippen LogP contribution in [0.25, 0.3) is 0 Å². The maximum absolute atomic E-state index is 13.0. The molecule has 0 spiro atoms. The first-order valence-electron chi connectivity index (χ1n) is 8.37. The van der Waals surface area contributed by atoms with E-state index in [1.165, 1.54) is 44.2 Å². The van der Waals surface area contributed by atoms with Crippen LogP contribution in [0.2, 0.25) is 0 Å². The van der Waals surface area contributed by atoms with Crippen LogP contribution in [0.3, 0.4) is 0 Å². The second kappa shape index (κ2) is 5.38. The molecule has 1 aromatic rings. The molecule has 0 amide bonds. The van der Waals surface area contributed by atoms with Crippen molar-refractivity contribution in [1.29, 1.82) is 0 Å². The molecule has 2 fully saturated rings. The van der Waals surface area contributed by atoms with Gasteiger partial charge in [0.25, 0.3) is 0 Å². The Morgan fingerprint density at radius 3 is 2.45 bits per heavy atom. The summed E-state index contributed by atoms with van der Waals surface area (Å²) in [7, 11) is 0. The molecule has 3 rings (SSSR count). The third-order valence-corrected chi connectivity index (χ3v) is 5.43.